The average Bonchev–Trinajstić information content (AvgIpc) is 2.81. The molecular weight excluding hydrogens is 411 g/mol. The Balaban J connectivity index is 1.40. The van der Waals surface area contributed by atoms with E-state index in [1.807, 2.05) is 0 Å². The lowest BCUT2D eigenvalue weighted by Crippen LogP contribution is -2.37. The second-order valence-electron chi connectivity index (χ2n) is 7.42. The van der Waals surface area contributed by atoms with E-state index in [1.54, 1.807) is 72.7 Å². The van der Waals surface area contributed by atoms with Crippen LogP contribution in [0.25, 0.3) is 0 Å². The molecule has 32 heavy (non-hydrogen) atoms. The number of fused-ring (bicyclic) bond motifs is 1. The summed E-state index contributed by atoms with van der Waals surface area (Å²) in [5.41, 5.74) is 2.39. The van der Waals surface area contributed by atoms with Crippen LogP contribution in [0.5, 0.6) is 11.5 Å². The van der Waals surface area contributed by atoms with Crippen LogP contribution in [-0.4, -0.2) is 37.0 Å². The zero-order valence-corrected chi connectivity index (χ0v) is 17.6. The van der Waals surface area contributed by atoms with Crippen molar-refractivity contribution in [3.8, 4) is 11.5 Å². The van der Waals surface area contributed by atoms with Crippen LogP contribution < -0.4 is 14.8 Å². The van der Waals surface area contributed by atoms with E-state index in [0.29, 0.717) is 41.3 Å². The maximum absolute atomic E-state index is 14.0. The first-order valence-electron chi connectivity index (χ1n) is 10.3. The van der Waals surface area contributed by atoms with E-state index in [-0.39, 0.29) is 30.8 Å². The van der Waals surface area contributed by atoms with Crippen molar-refractivity contribution in [2.24, 2.45) is 0 Å². The molecule has 0 radical (unpaired) electrons. The summed E-state index contributed by atoms with van der Waals surface area (Å²) in [6.45, 7) is 0.467. The van der Waals surface area contributed by atoms with E-state index in [4.69, 9.17) is 9.47 Å². The highest BCUT2D eigenvalue weighted by Gasteiger charge is 2.27. The Morgan fingerprint density at radius 3 is 2.59 bits per heavy atom. The number of carbonyl (C=O) groups excluding carboxylic acids is 2. The number of halogens is 1. The number of benzene rings is 3. The van der Waals surface area contributed by atoms with E-state index in [1.165, 1.54) is 6.07 Å². The fraction of sp³-hybridized carbons (Fsp3) is 0.200. The fourth-order valence-electron chi connectivity index (χ4n) is 3.68. The Morgan fingerprint density at radius 1 is 1.06 bits per heavy atom. The molecule has 1 N–H and O–H groups in total. The van der Waals surface area contributed by atoms with Crippen LogP contribution in [0.15, 0.2) is 66.7 Å². The third-order valence-electron chi connectivity index (χ3n) is 5.33. The fourth-order valence-corrected chi connectivity index (χ4v) is 3.68. The van der Waals surface area contributed by atoms with Gasteiger partial charge < -0.3 is 19.7 Å². The van der Waals surface area contributed by atoms with Gasteiger partial charge >= 0.3 is 0 Å². The Labute approximate surface area is 185 Å². The summed E-state index contributed by atoms with van der Waals surface area (Å²) in [6, 6.07) is 18.6. The predicted molar refractivity (Wildman–Crippen MR) is 118 cm³/mol. The summed E-state index contributed by atoms with van der Waals surface area (Å²) >= 11 is 0. The summed E-state index contributed by atoms with van der Waals surface area (Å²) in [5.74, 6) is 0.389. The van der Waals surface area contributed by atoms with E-state index in [9.17, 15) is 14.0 Å². The van der Waals surface area contributed by atoms with Gasteiger partial charge in [0.15, 0.2) is 6.61 Å². The third kappa shape index (κ3) is 4.72. The number of anilines is 1. The van der Waals surface area contributed by atoms with Gasteiger partial charge in [0.05, 0.1) is 7.11 Å². The van der Waals surface area contributed by atoms with Crippen molar-refractivity contribution in [2.45, 2.75) is 13.0 Å². The first kappa shape index (κ1) is 21.4. The van der Waals surface area contributed by atoms with Gasteiger partial charge in [0, 0.05) is 35.5 Å². The predicted octanol–water partition coefficient (Wildman–Crippen LogP) is 4.05. The lowest BCUT2D eigenvalue weighted by atomic mass is 9.97. The number of nitrogens with zero attached hydrogens (tertiary/aromatic N) is 1. The molecule has 6 nitrogen and oxygen atoms in total. The Hall–Kier alpha value is -3.87. The molecule has 0 saturated heterocycles. The van der Waals surface area contributed by atoms with Gasteiger partial charge in [-0.3, -0.25) is 9.59 Å². The van der Waals surface area contributed by atoms with Gasteiger partial charge in [-0.1, -0.05) is 24.3 Å². The number of rotatable bonds is 7. The molecule has 0 aliphatic carbocycles. The lowest BCUT2D eigenvalue weighted by Gasteiger charge is -2.29. The molecule has 2 amide bonds. The standard InChI is InChI=1S/C25H23FN2O4/c1-31-19-11-9-18(10-12-19)27-24(29)16-32-23-8-4-6-21-20(23)13-14-28(25(21)30)15-17-5-2-3-7-22(17)26/h2-12H,13-16H2,1H3,(H,27,29). The van der Waals surface area contributed by atoms with Crippen LogP contribution in [0.3, 0.4) is 0 Å². The SMILES string of the molecule is COc1ccc(NC(=O)COc2cccc3c2CCN(Cc2ccccc2F)C3=O)cc1. The molecule has 1 heterocycles. The number of hydrogen-bond acceptors (Lipinski definition) is 4. The quantitative estimate of drug-likeness (QED) is 0.609. The molecule has 0 atom stereocenters. The zero-order chi connectivity index (χ0) is 22.5. The van der Waals surface area contributed by atoms with Crippen LogP contribution >= 0.6 is 0 Å². The number of hydrogen-bond donors (Lipinski definition) is 1. The van der Waals surface area contributed by atoms with Crippen LogP contribution in [0.4, 0.5) is 10.1 Å². The first-order valence-corrected chi connectivity index (χ1v) is 10.3. The number of methoxy groups -OCH3 is 1. The molecule has 0 spiro atoms. The molecule has 7 heteroatoms. The molecule has 4 rings (SSSR count). The Morgan fingerprint density at radius 2 is 1.84 bits per heavy atom. The zero-order valence-electron chi connectivity index (χ0n) is 17.6. The van der Waals surface area contributed by atoms with Gasteiger partial charge in [0.1, 0.15) is 17.3 Å². The molecule has 1 aliphatic rings. The van der Waals surface area contributed by atoms with Crippen LogP contribution in [0, 0.1) is 5.82 Å². The van der Waals surface area contributed by atoms with Gasteiger partial charge in [0.2, 0.25) is 0 Å². The summed E-state index contributed by atoms with van der Waals surface area (Å²) in [6.07, 6.45) is 0.561. The maximum Gasteiger partial charge on any atom is 0.262 e. The summed E-state index contributed by atoms with van der Waals surface area (Å²) < 4.78 is 24.8. The summed E-state index contributed by atoms with van der Waals surface area (Å²) in [4.78, 5) is 26.9. The number of nitrogens with one attached hydrogen (secondary N) is 1. The largest absolute Gasteiger partial charge is 0.497 e. The van der Waals surface area contributed by atoms with Crippen molar-refractivity contribution in [3.05, 3.63) is 89.2 Å². The maximum atomic E-state index is 14.0. The second-order valence-corrected chi connectivity index (χ2v) is 7.42. The van der Waals surface area contributed by atoms with E-state index in [0.717, 1.165) is 5.56 Å². The second kappa shape index (κ2) is 9.51. The minimum atomic E-state index is -0.328. The molecule has 0 unspecified atom stereocenters. The minimum Gasteiger partial charge on any atom is -0.497 e. The number of amides is 2. The highest BCUT2D eigenvalue weighted by molar-refractivity contribution is 5.97. The van der Waals surface area contributed by atoms with Crippen molar-refractivity contribution in [2.75, 3.05) is 25.6 Å². The van der Waals surface area contributed by atoms with Gasteiger partial charge in [0.25, 0.3) is 11.8 Å². The van der Waals surface area contributed by atoms with E-state index >= 15 is 0 Å². The first-order chi connectivity index (χ1) is 15.5. The highest BCUT2D eigenvalue weighted by atomic mass is 19.1. The van der Waals surface area contributed by atoms with Gasteiger partial charge in [-0.25, -0.2) is 4.39 Å². The van der Waals surface area contributed by atoms with Crippen LogP contribution in [-0.2, 0) is 17.8 Å². The minimum absolute atomic E-state index is 0.178. The van der Waals surface area contributed by atoms with E-state index in [2.05, 4.69) is 5.32 Å². The summed E-state index contributed by atoms with van der Waals surface area (Å²) in [5, 5.41) is 2.76. The smallest absolute Gasteiger partial charge is 0.262 e. The normalized spacial score (nSPS) is 12.8. The Bertz CT molecular complexity index is 1130. The molecule has 164 valence electrons. The molecule has 0 aromatic heterocycles. The molecule has 3 aromatic rings. The molecule has 0 bridgehead atoms. The van der Waals surface area contributed by atoms with Crippen LogP contribution in [0.2, 0.25) is 0 Å². The van der Waals surface area contributed by atoms with Crippen molar-refractivity contribution in [3.63, 3.8) is 0 Å². The molecule has 0 fully saturated rings. The molecule has 1 aliphatic heterocycles. The van der Waals surface area contributed by atoms with E-state index < -0.39 is 0 Å². The van der Waals surface area contributed by atoms with Crippen molar-refractivity contribution in [1.29, 1.82) is 0 Å². The third-order valence-corrected chi connectivity index (χ3v) is 5.33. The monoisotopic (exact) mass is 434 g/mol. The topological polar surface area (TPSA) is 67.9 Å². The average molecular weight is 434 g/mol. The number of ether oxygens (including phenoxy) is 2. The van der Waals surface area contributed by atoms with Crippen molar-refractivity contribution in [1.82, 2.24) is 4.90 Å². The van der Waals surface area contributed by atoms with Crippen molar-refractivity contribution < 1.29 is 23.5 Å². The Kier molecular flexibility index (Phi) is 6.35. The highest BCUT2D eigenvalue weighted by Crippen LogP contribution is 2.29. The van der Waals surface area contributed by atoms with Gasteiger partial charge in [-0.15, -0.1) is 0 Å². The van der Waals surface area contributed by atoms with Gasteiger partial charge in [-0.05, 0) is 48.9 Å². The van der Waals surface area contributed by atoms with Crippen molar-refractivity contribution >= 4 is 17.5 Å². The molecule has 3 aromatic carbocycles. The number of carbonyl (C=O) groups is 2. The van der Waals surface area contributed by atoms with Gasteiger partial charge in [-0.2, -0.15) is 0 Å². The summed E-state index contributed by atoms with van der Waals surface area (Å²) in [7, 11) is 1.58. The van der Waals surface area contributed by atoms with Crippen LogP contribution in [0.1, 0.15) is 21.5 Å². The molecule has 0 saturated carbocycles. The molecular formula is C25H23FN2O4. The lowest BCUT2D eigenvalue weighted by molar-refractivity contribution is -0.118.